The van der Waals surface area contributed by atoms with Crippen molar-refractivity contribution < 1.29 is 42.2 Å². The molecule has 2 aromatic rings. The average molecular weight is 461 g/mol. The van der Waals surface area contributed by atoms with Crippen LogP contribution in [0.3, 0.4) is 0 Å². The quantitative estimate of drug-likeness (QED) is 0.220. The highest BCUT2D eigenvalue weighted by Crippen LogP contribution is 2.32. The summed E-state index contributed by atoms with van der Waals surface area (Å²) >= 11 is 0. The number of amides is 1. The molecule has 2 aromatic heterocycles. The van der Waals surface area contributed by atoms with E-state index in [1.54, 1.807) is 0 Å². The second kappa shape index (κ2) is 8.65. The minimum absolute atomic E-state index is 0.0830. The molecular formula is C14H19N7O9S. The van der Waals surface area contributed by atoms with Crippen molar-refractivity contribution in [2.75, 3.05) is 12.3 Å². The third kappa shape index (κ3) is 4.86. The molecule has 1 amide bonds. The molecule has 16 nitrogen and oxygen atoms in total. The van der Waals surface area contributed by atoms with Crippen LogP contribution in [0.1, 0.15) is 12.6 Å². The summed E-state index contributed by atoms with van der Waals surface area (Å²) in [5.41, 5.74) is 11.4. The highest BCUT2D eigenvalue weighted by atomic mass is 32.2. The number of ether oxygens (including phenoxy) is 1. The largest absolute Gasteiger partial charge is 0.481 e. The van der Waals surface area contributed by atoms with Gasteiger partial charge in [-0.15, -0.1) is 0 Å². The first-order valence-corrected chi connectivity index (χ1v) is 10.0. The first-order valence-electron chi connectivity index (χ1n) is 8.63. The van der Waals surface area contributed by atoms with Crippen molar-refractivity contribution in [3.63, 3.8) is 0 Å². The molecule has 5 atom stereocenters. The van der Waals surface area contributed by atoms with E-state index in [4.69, 9.17) is 21.3 Å². The standard InChI is InChI=1S/C14H19N7O9S/c15-5(1-7(22)23)13(26)20-31(27,28)29-2-6-9(24)10(25)14(30-6)21-4-19-8-11(16)17-3-18-12(8)21/h3-6,9-10,14,24-25H,1-2,15H2,(H,20,26)(H,22,23)(H2,16,17,18)/t5?,6-,9-,10-,14-/m1/s1. The van der Waals surface area contributed by atoms with E-state index in [2.05, 4.69) is 19.1 Å². The Bertz CT molecular complexity index is 1090. The van der Waals surface area contributed by atoms with Gasteiger partial charge < -0.3 is 31.5 Å². The van der Waals surface area contributed by atoms with Crippen molar-refractivity contribution in [1.29, 1.82) is 0 Å². The highest BCUT2D eigenvalue weighted by Gasteiger charge is 2.45. The molecule has 0 bridgehead atoms. The molecule has 31 heavy (non-hydrogen) atoms. The number of anilines is 1. The topological polar surface area (TPSA) is 255 Å². The number of hydrogen-bond donors (Lipinski definition) is 6. The van der Waals surface area contributed by atoms with Gasteiger partial charge in [0.2, 0.25) is 0 Å². The molecule has 1 saturated heterocycles. The number of rotatable bonds is 8. The molecule has 1 aliphatic heterocycles. The summed E-state index contributed by atoms with van der Waals surface area (Å²) in [6, 6.07) is -1.63. The SMILES string of the molecule is Nc1ncnc2c1ncn2[C@@H]1O[C@H](COS(=O)(=O)NC(=O)C(N)CC(=O)O)[C@@H](O)[C@H]1O. The highest BCUT2D eigenvalue weighted by molar-refractivity contribution is 7.85. The molecule has 0 aliphatic carbocycles. The van der Waals surface area contributed by atoms with Crippen LogP contribution in [0, 0.1) is 0 Å². The number of aliphatic hydroxyl groups is 2. The maximum absolute atomic E-state index is 11.9. The van der Waals surface area contributed by atoms with E-state index in [1.807, 2.05) is 0 Å². The number of nitrogens with two attached hydrogens (primary N) is 2. The Morgan fingerprint density at radius 3 is 2.68 bits per heavy atom. The number of carbonyl (C=O) groups excluding carboxylic acids is 1. The van der Waals surface area contributed by atoms with Crippen LogP contribution in [0.2, 0.25) is 0 Å². The van der Waals surface area contributed by atoms with Gasteiger partial charge in [0.1, 0.15) is 30.2 Å². The molecule has 3 rings (SSSR count). The summed E-state index contributed by atoms with van der Waals surface area (Å²) in [6.45, 7) is -0.782. The molecule has 17 heteroatoms. The van der Waals surface area contributed by atoms with Gasteiger partial charge in [0.25, 0.3) is 5.91 Å². The predicted octanol–water partition coefficient (Wildman–Crippen LogP) is -3.79. The number of aliphatic carboxylic acids is 1. The number of hydrogen-bond acceptors (Lipinski definition) is 13. The Kier molecular flexibility index (Phi) is 6.34. The fourth-order valence-corrected chi connectivity index (χ4v) is 3.59. The number of carboxylic acid groups (broad SMARTS) is 1. The lowest BCUT2D eigenvalue weighted by atomic mass is 10.1. The monoisotopic (exact) mass is 461 g/mol. The number of nitrogens with zero attached hydrogens (tertiary/aromatic N) is 4. The molecule has 3 heterocycles. The number of nitrogens with one attached hydrogen (secondary N) is 1. The summed E-state index contributed by atoms with van der Waals surface area (Å²) in [7, 11) is -4.70. The van der Waals surface area contributed by atoms with Crippen LogP contribution in [-0.2, 0) is 28.8 Å². The molecule has 170 valence electrons. The van der Waals surface area contributed by atoms with E-state index in [0.29, 0.717) is 0 Å². The lowest BCUT2D eigenvalue weighted by Crippen LogP contribution is -2.45. The summed E-state index contributed by atoms with van der Waals surface area (Å²) in [4.78, 5) is 34.0. The van der Waals surface area contributed by atoms with E-state index in [9.17, 15) is 28.2 Å². The zero-order chi connectivity index (χ0) is 22.9. The minimum atomic E-state index is -4.70. The molecule has 0 radical (unpaired) electrons. The molecule has 0 aromatic carbocycles. The smallest absolute Gasteiger partial charge is 0.362 e. The molecule has 1 unspecified atom stereocenters. The van der Waals surface area contributed by atoms with Gasteiger partial charge in [0.15, 0.2) is 17.7 Å². The van der Waals surface area contributed by atoms with Crippen LogP contribution in [0.15, 0.2) is 12.7 Å². The van der Waals surface area contributed by atoms with Gasteiger partial charge in [-0.2, -0.15) is 8.42 Å². The minimum Gasteiger partial charge on any atom is -0.481 e. The Hall–Kier alpha value is -2.96. The van der Waals surface area contributed by atoms with Gasteiger partial charge in [-0.25, -0.2) is 19.7 Å². The zero-order valence-corrected chi connectivity index (χ0v) is 16.4. The molecule has 8 N–H and O–H groups in total. The summed E-state index contributed by atoms with van der Waals surface area (Å²) < 4.78 is 36.6. The van der Waals surface area contributed by atoms with E-state index in [1.165, 1.54) is 21.9 Å². The number of carboxylic acids is 1. The third-order valence-electron chi connectivity index (χ3n) is 4.34. The van der Waals surface area contributed by atoms with Gasteiger partial charge in [-0.1, -0.05) is 0 Å². The number of aromatic nitrogens is 4. The van der Waals surface area contributed by atoms with Crippen molar-refractivity contribution in [3.8, 4) is 0 Å². The fraction of sp³-hybridized carbons (Fsp3) is 0.500. The number of nitrogen functional groups attached to an aromatic ring is 1. The maximum Gasteiger partial charge on any atom is 0.362 e. The number of fused-ring (bicyclic) bond motifs is 1. The fourth-order valence-electron chi connectivity index (χ4n) is 2.82. The summed E-state index contributed by atoms with van der Waals surface area (Å²) in [6.07, 6.45) is -3.99. The molecule has 1 aliphatic rings. The maximum atomic E-state index is 11.9. The van der Waals surface area contributed by atoms with Gasteiger partial charge in [-0.3, -0.25) is 18.3 Å². The Morgan fingerprint density at radius 1 is 1.29 bits per heavy atom. The van der Waals surface area contributed by atoms with Gasteiger partial charge in [0.05, 0.1) is 25.4 Å². The van der Waals surface area contributed by atoms with Crippen LogP contribution in [-0.4, -0.2) is 86.1 Å². The normalized spacial score (nSPS) is 24.9. The summed E-state index contributed by atoms with van der Waals surface area (Å²) in [5, 5.41) is 29.1. The van der Waals surface area contributed by atoms with E-state index >= 15 is 0 Å². The van der Waals surface area contributed by atoms with Gasteiger partial charge >= 0.3 is 16.3 Å². The molecule has 0 saturated carbocycles. The second-order valence-electron chi connectivity index (χ2n) is 6.54. The van der Waals surface area contributed by atoms with Gasteiger partial charge in [-0.05, 0) is 0 Å². The third-order valence-corrected chi connectivity index (χ3v) is 5.24. The van der Waals surface area contributed by atoms with Crippen LogP contribution in [0.25, 0.3) is 11.2 Å². The number of imidazole rings is 1. The molecule has 0 spiro atoms. The van der Waals surface area contributed by atoms with Crippen molar-refractivity contribution >= 4 is 39.2 Å². The van der Waals surface area contributed by atoms with Crippen LogP contribution < -0.4 is 16.2 Å². The Morgan fingerprint density at radius 2 is 2.00 bits per heavy atom. The lowest BCUT2D eigenvalue weighted by Gasteiger charge is -2.16. The van der Waals surface area contributed by atoms with Crippen molar-refractivity contribution in [2.45, 2.75) is 37.0 Å². The van der Waals surface area contributed by atoms with Crippen LogP contribution in [0.4, 0.5) is 5.82 Å². The molecule has 1 fully saturated rings. The van der Waals surface area contributed by atoms with Crippen LogP contribution >= 0.6 is 0 Å². The van der Waals surface area contributed by atoms with E-state index in [-0.39, 0.29) is 17.0 Å². The Labute approximate surface area is 174 Å². The van der Waals surface area contributed by atoms with Crippen molar-refractivity contribution in [3.05, 3.63) is 12.7 Å². The van der Waals surface area contributed by atoms with E-state index < -0.39 is 65.8 Å². The first kappa shape index (κ1) is 22.7. The van der Waals surface area contributed by atoms with Gasteiger partial charge in [0, 0.05) is 0 Å². The van der Waals surface area contributed by atoms with Crippen molar-refractivity contribution in [2.24, 2.45) is 5.73 Å². The summed E-state index contributed by atoms with van der Waals surface area (Å²) in [5.74, 6) is -2.61. The van der Waals surface area contributed by atoms with E-state index in [0.717, 1.165) is 0 Å². The molecular weight excluding hydrogens is 442 g/mol. The van der Waals surface area contributed by atoms with Crippen LogP contribution in [0.5, 0.6) is 0 Å². The second-order valence-corrected chi connectivity index (χ2v) is 7.89. The first-order chi connectivity index (χ1) is 14.5. The average Bonchev–Trinajstić information content (AvgIpc) is 3.22. The predicted molar refractivity (Wildman–Crippen MR) is 98.9 cm³/mol. The Balaban J connectivity index is 1.66. The number of aliphatic hydroxyl groups excluding tert-OH is 2. The number of carbonyl (C=O) groups is 2. The van der Waals surface area contributed by atoms with Crippen molar-refractivity contribution in [1.82, 2.24) is 24.2 Å². The zero-order valence-electron chi connectivity index (χ0n) is 15.6. The lowest BCUT2D eigenvalue weighted by molar-refractivity contribution is -0.139.